The van der Waals surface area contributed by atoms with Crippen LogP contribution < -0.4 is 4.90 Å². The van der Waals surface area contributed by atoms with Gasteiger partial charge in [0.05, 0.1) is 26.2 Å². The average Bonchev–Trinajstić information content (AvgIpc) is 2.57. The zero-order valence-electron chi connectivity index (χ0n) is 12.8. The maximum Gasteiger partial charge on any atom is 0.254 e. The van der Waals surface area contributed by atoms with Crippen molar-refractivity contribution in [1.82, 2.24) is 4.90 Å². The van der Waals surface area contributed by atoms with Gasteiger partial charge in [0.1, 0.15) is 12.4 Å². The summed E-state index contributed by atoms with van der Waals surface area (Å²) in [6, 6.07) is 14.2. The molecule has 0 radical (unpaired) electrons. The third-order valence-electron chi connectivity index (χ3n) is 4.20. The van der Waals surface area contributed by atoms with Crippen molar-refractivity contribution in [3.63, 3.8) is 0 Å². The molecule has 3 rings (SSSR count). The molecular weight excluding hydrogens is 359 g/mol. The molecule has 23 heavy (non-hydrogen) atoms. The Labute approximate surface area is 143 Å². The van der Waals surface area contributed by atoms with Gasteiger partial charge in [0, 0.05) is 15.6 Å². The van der Waals surface area contributed by atoms with Crippen LogP contribution in [0.3, 0.4) is 0 Å². The van der Waals surface area contributed by atoms with Gasteiger partial charge < -0.3 is 9.80 Å². The number of nitrogens with one attached hydrogen (secondary N) is 1. The highest BCUT2D eigenvalue weighted by molar-refractivity contribution is 9.10. The van der Waals surface area contributed by atoms with Crippen LogP contribution in [0.4, 0.5) is 4.39 Å². The molecule has 1 aliphatic heterocycles. The first-order valence-electron chi connectivity index (χ1n) is 7.75. The second-order valence-corrected chi connectivity index (χ2v) is 6.77. The highest BCUT2D eigenvalue weighted by Crippen LogP contribution is 2.13. The number of carbonyl (C=O) groups is 1. The lowest BCUT2D eigenvalue weighted by Gasteiger charge is -2.32. The Morgan fingerprint density at radius 1 is 1.13 bits per heavy atom. The van der Waals surface area contributed by atoms with Crippen LogP contribution in [-0.2, 0) is 6.54 Å². The minimum absolute atomic E-state index is 0.0899. The van der Waals surface area contributed by atoms with Crippen molar-refractivity contribution in [2.75, 3.05) is 26.2 Å². The summed E-state index contributed by atoms with van der Waals surface area (Å²) in [6.07, 6.45) is 0. The number of benzene rings is 2. The predicted octanol–water partition coefficient (Wildman–Crippen LogP) is 2.13. The Morgan fingerprint density at radius 3 is 2.48 bits per heavy atom. The van der Waals surface area contributed by atoms with E-state index in [1.165, 1.54) is 17.0 Å². The highest BCUT2D eigenvalue weighted by atomic mass is 79.9. The van der Waals surface area contributed by atoms with Crippen LogP contribution in [0, 0.1) is 5.82 Å². The average molecular weight is 378 g/mol. The SMILES string of the molecule is O=C(c1cccc(Br)c1)N1CC[NH+](Cc2ccc(F)cc2)CC1. The third kappa shape index (κ3) is 4.18. The summed E-state index contributed by atoms with van der Waals surface area (Å²) >= 11 is 3.40. The Kier molecular flexibility index (Phi) is 5.08. The molecule has 0 aliphatic carbocycles. The minimum Gasteiger partial charge on any atom is -0.328 e. The Hall–Kier alpha value is -1.72. The van der Waals surface area contributed by atoms with Crippen LogP contribution in [0.2, 0.25) is 0 Å². The normalized spacial score (nSPS) is 15.7. The van der Waals surface area contributed by atoms with Crippen LogP contribution in [-0.4, -0.2) is 37.0 Å². The van der Waals surface area contributed by atoms with Crippen molar-refractivity contribution in [2.24, 2.45) is 0 Å². The number of nitrogens with zero attached hydrogens (tertiary/aromatic N) is 1. The molecule has 120 valence electrons. The van der Waals surface area contributed by atoms with Crippen molar-refractivity contribution >= 4 is 21.8 Å². The van der Waals surface area contributed by atoms with Crippen molar-refractivity contribution in [3.8, 4) is 0 Å². The van der Waals surface area contributed by atoms with E-state index in [1.807, 2.05) is 41.3 Å². The summed E-state index contributed by atoms with van der Waals surface area (Å²) < 4.78 is 13.9. The van der Waals surface area contributed by atoms with E-state index in [2.05, 4.69) is 15.9 Å². The summed E-state index contributed by atoms with van der Waals surface area (Å²) in [7, 11) is 0. The zero-order valence-corrected chi connectivity index (χ0v) is 14.4. The molecule has 0 saturated carbocycles. The molecular formula is C18H19BrFN2O+. The molecule has 2 aromatic rings. The number of amides is 1. The fourth-order valence-corrected chi connectivity index (χ4v) is 3.30. The van der Waals surface area contributed by atoms with Crippen LogP contribution in [0.1, 0.15) is 15.9 Å². The first kappa shape index (κ1) is 16.1. The maximum absolute atomic E-state index is 12.9. The van der Waals surface area contributed by atoms with Crippen molar-refractivity contribution in [3.05, 3.63) is 69.9 Å². The van der Waals surface area contributed by atoms with E-state index in [-0.39, 0.29) is 11.7 Å². The molecule has 2 aromatic carbocycles. The number of hydrogen-bond acceptors (Lipinski definition) is 1. The van der Waals surface area contributed by atoms with E-state index >= 15 is 0 Å². The standard InChI is InChI=1S/C18H18BrFN2O/c19-16-3-1-2-15(12-16)18(23)22-10-8-21(9-11-22)13-14-4-6-17(20)7-5-14/h1-7,12H,8-11,13H2/p+1. The summed E-state index contributed by atoms with van der Waals surface area (Å²) in [4.78, 5) is 15.8. The monoisotopic (exact) mass is 377 g/mol. The van der Waals surface area contributed by atoms with Gasteiger partial charge in [-0.1, -0.05) is 34.1 Å². The predicted molar refractivity (Wildman–Crippen MR) is 90.8 cm³/mol. The summed E-state index contributed by atoms with van der Waals surface area (Å²) in [5.41, 5.74) is 1.86. The van der Waals surface area contributed by atoms with Gasteiger partial charge in [-0.15, -0.1) is 0 Å². The number of piperazine rings is 1. The van der Waals surface area contributed by atoms with E-state index in [1.54, 1.807) is 0 Å². The van der Waals surface area contributed by atoms with E-state index in [0.717, 1.165) is 48.3 Å². The Morgan fingerprint density at radius 2 is 1.83 bits per heavy atom. The van der Waals surface area contributed by atoms with Crippen LogP contribution in [0.5, 0.6) is 0 Å². The van der Waals surface area contributed by atoms with Gasteiger partial charge in [-0.25, -0.2) is 4.39 Å². The lowest BCUT2D eigenvalue weighted by molar-refractivity contribution is -0.917. The lowest BCUT2D eigenvalue weighted by Crippen LogP contribution is -3.13. The van der Waals surface area contributed by atoms with Crippen molar-refractivity contribution < 1.29 is 14.1 Å². The molecule has 0 bridgehead atoms. The second-order valence-electron chi connectivity index (χ2n) is 5.86. The summed E-state index contributed by atoms with van der Waals surface area (Å²) in [6.45, 7) is 4.21. The fraction of sp³-hybridized carbons (Fsp3) is 0.278. The van der Waals surface area contributed by atoms with Gasteiger partial charge >= 0.3 is 0 Å². The molecule has 3 nitrogen and oxygen atoms in total. The minimum atomic E-state index is -0.201. The van der Waals surface area contributed by atoms with Crippen LogP contribution in [0.15, 0.2) is 53.0 Å². The molecule has 1 N–H and O–H groups in total. The Bertz CT molecular complexity index is 682. The maximum atomic E-state index is 12.9. The number of quaternary nitrogens is 1. The third-order valence-corrected chi connectivity index (χ3v) is 4.69. The van der Waals surface area contributed by atoms with E-state index in [0.29, 0.717) is 0 Å². The van der Waals surface area contributed by atoms with E-state index in [4.69, 9.17) is 0 Å². The molecule has 0 unspecified atom stereocenters. The molecule has 0 atom stereocenters. The Balaban J connectivity index is 1.55. The molecule has 1 saturated heterocycles. The van der Waals surface area contributed by atoms with Gasteiger partial charge in [0.2, 0.25) is 0 Å². The lowest BCUT2D eigenvalue weighted by atomic mass is 10.1. The van der Waals surface area contributed by atoms with Crippen LogP contribution >= 0.6 is 15.9 Å². The molecule has 5 heteroatoms. The highest BCUT2D eigenvalue weighted by Gasteiger charge is 2.24. The van der Waals surface area contributed by atoms with E-state index in [9.17, 15) is 9.18 Å². The number of rotatable bonds is 3. The number of halogens is 2. The fourth-order valence-electron chi connectivity index (χ4n) is 2.90. The molecule has 1 aliphatic rings. The zero-order chi connectivity index (χ0) is 16.2. The van der Waals surface area contributed by atoms with Crippen molar-refractivity contribution in [2.45, 2.75) is 6.54 Å². The largest absolute Gasteiger partial charge is 0.328 e. The molecule has 1 fully saturated rings. The second kappa shape index (κ2) is 7.23. The van der Waals surface area contributed by atoms with Gasteiger partial charge in [-0.2, -0.15) is 0 Å². The first-order valence-corrected chi connectivity index (χ1v) is 8.54. The smallest absolute Gasteiger partial charge is 0.254 e. The van der Waals surface area contributed by atoms with Gasteiger partial charge in [0.15, 0.2) is 0 Å². The van der Waals surface area contributed by atoms with Crippen molar-refractivity contribution in [1.29, 1.82) is 0 Å². The molecule has 0 aromatic heterocycles. The van der Waals surface area contributed by atoms with E-state index < -0.39 is 0 Å². The van der Waals surface area contributed by atoms with Gasteiger partial charge in [-0.05, 0) is 30.3 Å². The number of hydrogen-bond donors (Lipinski definition) is 1. The summed E-state index contributed by atoms with van der Waals surface area (Å²) in [5.74, 6) is -0.111. The summed E-state index contributed by atoms with van der Waals surface area (Å²) in [5, 5.41) is 0. The number of carbonyl (C=O) groups excluding carboxylic acids is 1. The topological polar surface area (TPSA) is 24.8 Å². The molecule has 0 spiro atoms. The first-order chi connectivity index (χ1) is 11.1. The quantitative estimate of drug-likeness (QED) is 0.870. The molecule has 1 heterocycles. The van der Waals surface area contributed by atoms with Crippen LogP contribution in [0.25, 0.3) is 0 Å². The molecule has 1 amide bonds. The van der Waals surface area contributed by atoms with Gasteiger partial charge in [-0.3, -0.25) is 4.79 Å². The van der Waals surface area contributed by atoms with Gasteiger partial charge in [0.25, 0.3) is 5.91 Å².